The number of carbonyl (C=O) groups is 1. The van der Waals surface area contributed by atoms with E-state index in [0.29, 0.717) is 23.5 Å². The maximum Gasteiger partial charge on any atom is 0.302 e. The minimum atomic E-state index is -0.651. The summed E-state index contributed by atoms with van der Waals surface area (Å²) >= 11 is 0. The van der Waals surface area contributed by atoms with E-state index in [-0.39, 0.29) is 39.7 Å². The van der Waals surface area contributed by atoms with Crippen molar-refractivity contribution in [3.8, 4) is 0 Å². The summed E-state index contributed by atoms with van der Waals surface area (Å²) < 4.78 is 5.54. The Morgan fingerprint density at radius 3 is 2.62 bits per heavy atom. The average molecular weight is 447 g/mol. The summed E-state index contributed by atoms with van der Waals surface area (Å²) in [4.78, 5) is 23.1. The highest BCUT2D eigenvalue weighted by Gasteiger charge is 2.63. The van der Waals surface area contributed by atoms with Crippen LogP contribution < -0.4 is 0 Å². The predicted octanol–water partition coefficient (Wildman–Crippen LogP) is 5.24. The fraction of sp³-hybridized carbons (Fsp3) is 0.840. The number of nitrogens with zero attached hydrogens (tertiary/aromatic N) is 2. The van der Waals surface area contributed by atoms with Crippen LogP contribution in [0, 0.1) is 50.5 Å². The van der Waals surface area contributed by atoms with Gasteiger partial charge in [-0.1, -0.05) is 30.7 Å². The van der Waals surface area contributed by atoms with Crippen molar-refractivity contribution in [2.75, 3.05) is 0 Å². The minimum Gasteiger partial charge on any atom is -0.462 e. The van der Waals surface area contributed by atoms with Crippen molar-refractivity contribution in [1.29, 1.82) is 0 Å². The summed E-state index contributed by atoms with van der Waals surface area (Å²) in [7, 11) is 0. The Kier molecular flexibility index (Phi) is 5.91. The Hall–Kier alpha value is -1.92. The number of fused-ring (bicyclic) bond motifs is 5. The minimum absolute atomic E-state index is 0.0122. The first kappa shape index (κ1) is 23.2. The van der Waals surface area contributed by atoms with Gasteiger partial charge in [0.15, 0.2) is 0 Å². The molecule has 0 aromatic rings. The summed E-state index contributed by atoms with van der Waals surface area (Å²) in [6.45, 7) is 9.72. The van der Waals surface area contributed by atoms with Gasteiger partial charge in [0.25, 0.3) is 0 Å². The molecule has 4 aliphatic rings. The van der Waals surface area contributed by atoms with Gasteiger partial charge in [-0.2, -0.15) is 0 Å². The normalized spacial score (nSPS) is 44.5. The Bertz CT molecular complexity index is 853. The maximum absolute atomic E-state index is 11.7. The number of hydrogen-bond donors (Lipinski definition) is 1. The zero-order chi connectivity index (χ0) is 23.4. The zero-order valence-electron chi connectivity index (χ0n) is 20.0. The molecule has 4 rings (SSSR count). The Morgan fingerprint density at radius 2 is 2.00 bits per heavy atom. The van der Waals surface area contributed by atoms with Gasteiger partial charge in [-0.25, -0.2) is 0 Å². The van der Waals surface area contributed by atoms with E-state index in [1.165, 1.54) is 12.5 Å². The molecule has 0 heterocycles. The smallest absolute Gasteiger partial charge is 0.302 e. The second-order valence-electron chi connectivity index (χ2n) is 11.4. The van der Waals surface area contributed by atoms with Crippen LogP contribution in [-0.2, 0) is 9.53 Å². The van der Waals surface area contributed by atoms with Gasteiger partial charge >= 0.3 is 5.97 Å². The molecule has 0 aromatic heterocycles. The lowest BCUT2D eigenvalue weighted by Gasteiger charge is -2.58. The lowest BCUT2D eigenvalue weighted by atomic mass is 9.47. The average Bonchev–Trinajstić information content (AvgIpc) is 3.05. The second kappa shape index (κ2) is 8.14. The first-order valence-electron chi connectivity index (χ1n) is 12.2. The monoisotopic (exact) mass is 446 g/mol. The van der Waals surface area contributed by atoms with Crippen LogP contribution in [0.1, 0.15) is 79.6 Å². The molecule has 0 unspecified atom stereocenters. The van der Waals surface area contributed by atoms with Crippen LogP contribution in [0.3, 0.4) is 0 Å². The fourth-order valence-corrected chi connectivity index (χ4v) is 8.54. The van der Waals surface area contributed by atoms with Gasteiger partial charge in [0.05, 0.1) is 5.71 Å². The maximum atomic E-state index is 11.7. The highest BCUT2D eigenvalue weighted by molar-refractivity contribution is 5.85. The number of carbonyl (C=O) groups excluding carboxylic acids is 1. The topological polar surface area (TPSA) is 102 Å². The SMILES string of the molecule is CC(=O)O[C@H]1CC[C@@]2(C)C(=CC[C@H]3[C@H]2CC[C@@]2(C)[C@H]3C[C@@H]([C@H](C)[N+](=O)[O-])[C@@H]2/C(C)=N\O)C1. The molecule has 4 aliphatic carbocycles. The lowest BCUT2D eigenvalue weighted by Crippen LogP contribution is -2.51. The molecule has 32 heavy (non-hydrogen) atoms. The van der Waals surface area contributed by atoms with Crippen LogP contribution >= 0.6 is 0 Å². The van der Waals surface area contributed by atoms with Crippen molar-refractivity contribution in [3.63, 3.8) is 0 Å². The third-order valence-electron chi connectivity index (χ3n) is 10.1. The molecule has 0 amide bonds. The molecule has 0 saturated heterocycles. The third-order valence-corrected chi connectivity index (χ3v) is 10.1. The fourth-order valence-electron chi connectivity index (χ4n) is 8.54. The van der Waals surface area contributed by atoms with Gasteiger partial charge in [-0.05, 0) is 74.0 Å². The number of hydrogen-bond acceptors (Lipinski definition) is 6. The van der Waals surface area contributed by atoms with E-state index in [2.05, 4.69) is 25.1 Å². The van der Waals surface area contributed by atoms with E-state index in [1.54, 1.807) is 6.92 Å². The molecular formula is C25H38N2O5. The number of allylic oxidation sites excluding steroid dienone is 1. The number of rotatable bonds is 4. The summed E-state index contributed by atoms with van der Waals surface area (Å²) in [6, 6.07) is -0.651. The predicted molar refractivity (Wildman–Crippen MR) is 121 cm³/mol. The van der Waals surface area contributed by atoms with E-state index < -0.39 is 6.04 Å². The van der Waals surface area contributed by atoms with Crippen molar-refractivity contribution in [2.45, 2.75) is 91.7 Å². The van der Waals surface area contributed by atoms with Crippen LogP contribution in [-0.4, -0.2) is 34.0 Å². The van der Waals surface area contributed by atoms with Crippen LogP contribution in [0.25, 0.3) is 0 Å². The molecule has 9 atom stereocenters. The van der Waals surface area contributed by atoms with E-state index >= 15 is 0 Å². The van der Waals surface area contributed by atoms with Gasteiger partial charge < -0.3 is 9.94 Å². The molecule has 7 nitrogen and oxygen atoms in total. The quantitative estimate of drug-likeness (QED) is 0.159. The van der Waals surface area contributed by atoms with Crippen LogP contribution in [0.15, 0.2) is 16.8 Å². The molecule has 0 aromatic carbocycles. The lowest BCUT2D eigenvalue weighted by molar-refractivity contribution is -0.528. The Morgan fingerprint density at radius 1 is 1.28 bits per heavy atom. The van der Waals surface area contributed by atoms with Crippen LogP contribution in [0.2, 0.25) is 0 Å². The number of oxime groups is 1. The first-order valence-corrected chi connectivity index (χ1v) is 12.2. The van der Waals surface area contributed by atoms with E-state index in [0.717, 1.165) is 44.9 Å². The highest BCUT2D eigenvalue weighted by atomic mass is 16.6. The number of ether oxygens (including phenoxy) is 1. The van der Waals surface area contributed by atoms with E-state index in [9.17, 15) is 20.1 Å². The molecule has 0 aliphatic heterocycles. The van der Waals surface area contributed by atoms with Gasteiger partial charge in [0.2, 0.25) is 6.04 Å². The van der Waals surface area contributed by atoms with Crippen molar-refractivity contribution < 1.29 is 19.7 Å². The zero-order valence-corrected chi connectivity index (χ0v) is 20.0. The molecule has 7 heteroatoms. The number of esters is 1. The second-order valence-corrected chi connectivity index (χ2v) is 11.4. The largest absolute Gasteiger partial charge is 0.462 e. The molecular weight excluding hydrogens is 408 g/mol. The van der Waals surface area contributed by atoms with Gasteiger partial charge in [0.1, 0.15) is 6.10 Å². The van der Waals surface area contributed by atoms with Crippen LogP contribution in [0.5, 0.6) is 0 Å². The highest BCUT2D eigenvalue weighted by Crippen LogP contribution is 2.68. The van der Waals surface area contributed by atoms with E-state index in [1.807, 2.05) is 6.92 Å². The Labute approximate surface area is 190 Å². The summed E-state index contributed by atoms with van der Waals surface area (Å²) in [6.07, 6.45) is 9.07. The van der Waals surface area contributed by atoms with Gasteiger partial charge in [0, 0.05) is 37.0 Å². The van der Waals surface area contributed by atoms with Crippen molar-refractivity contribution in [1.82, 2.24) is 0 Å². The molecule has 0 spiro atoms. The Balaban J connectivity index is 1.65. The van der Waals surface area contributed by atoms with Crippen LogP contribution in [0.4, 0.5) is 0 Å². The van der Waals surface area contributed by atoms with Gasteiger partial charge in [-0.15, -0.1) is 0 Å². The standard InChI is InChI=1S/C25H38N2O5/c1-14(26-29)23-20(15(2)27(30)31)13-22-19-7-6-17-12-18(32-16(3)28)8-10-24(17,4)21(19)9-11-25(22,23)5/h6,15,18-23,29H,7-13H2,1-5H3/b26-14-/t15-,18-,19-,20-,21+,22-,23-,24-,25-/m0/s1. The van der Waals surface area contributed by atoms with Crippen molar-refractivity contribution >= 4 is 11.7 Å². The van der Waals surface area contributed by atoms with Gasteiger partial charge in [-0.3, -0.25) is 14.9 Å². The van der Waals surface area contributed by atoms with Crippen molar-refractivity contribution in [3.05, 3.63) is 21.8 Å². The summed E-state index contributed by atoms with van der Waals surface area (Å²) in [5.41, 5.74) is 2.12. The summed E-state index contributed by atoms with van der Waals surface area (Å²) in [5.74, 6) is 1.06. The molecule has 178 valence electrons. The summed E-state index contributed by atoms with van der Waals surface area (Å²) in [5, 5.41) is 24.9. The molecule has 3 fully saturated rings. The molecule has 1 N–H and O–H groups in total. The molecule has 3 saturated carbocycles. The van der Waals surface area contributed by atoms with E-state index in [4.69, 9.17) is 4.74 Å². The van der Waals surface area contributed by atoms with Crippen molar-refractivity contribution in [2.24, 2.45) is 45.6 Å². The third kappa shape index (κ3) is 3.47. The molecule has 0 bridgehead atoms. The first-order chi connectivity index (χ1) is 15.0. The number of nitro groups is 1. The molecule has 0 radical (unpaired) electrons.